The van der Waals surface area contributed by atoms with Gasteiger partial charge in [-0.2, -0.15) is 0 Å². The smallest absolute Gasteiger partial charge is 0.319 e. The van der Waals surface area contributed by atoms with Gasteiger partial charge in [0, 0.05) is 13.3 Å². The van der Waals surface area contributed by atoms with E-state index < -0.39 is 6.03 Å². The first-order chi connectivity index (χ1) is 8.65. The molecule has 1 unspecified atom stereocenters. The minimum absolute atomic E-state index is 0.125. The molecule has 0 saturated heterocycles. The van der Waals surface area contributed by atoms with Crippen molar-refractivity contribution in [2.24, 2.45) is 5.73 Å². The number of nitrogens with one attached hydrogen (secondary N) is 1. The van der Waals surface area contributed by atoms with E-state index in [2.05, 4.69) is 22.7 Å². The fourth-order valence-electron chi connectivity index (χ4n) is 1.69. The minimum Gasteiger partial charge on any atom is -0.351 e. The lowest BCUT2D eigenvalue weighted by atomic mass is 10.1. The van der Waals surface area contributed by atoms with Crippen molar-refractivity contribution in [2.45, 2.75) is 19.4 Å². The number of nitrogens with two attached hydrogens (primary N) is 1. The van der Waals surface area contributed by atoms with Gasteiger partial charge in [0.2, 0.25) is 5.27 Å². The third kappa shape index (κ3) is 3.07. The first kappa shape index (κ1) is 12.1. The SMILES string of the molecule is CC(Cc1ccccc1)[n+]1cc(NC(N)=O)on1. The van der Waals surface area contributed by atoms with Gasteiger partial charge in [0.05, 0.1) is 0 Å². The molecule has 0 saturated carbocycles. The second-order valence-electron chi connectivity index (χ2n) is 4.07. The van der Waals surface area contributed by atoms with Crippen LogP contribution in [0.3, 0.4) is 0 Å². The van der Waals surface area contributed by atoms with Crippen LogP contribution < -0.4 is 15.7 Å². The summed E-state index contributed by atoms with van der Waals surface area (Å²) in [6, 6.07) is 9.53. The van der Waals surface area contributed by atoms with E-state index >= 15 is 0 Å². The highest BCUT2D eigenvalue weighted by atomic mass is 16.5. The molecule has 0 fully saturated rings. The Balaban J connectivity index is 2.03. The van der Waals surface area contributed by atoms with Crippen LogP contribution in [-0.4, -0.2) is 11.3 Å². The number of primary amides is 1. The van der Waals surface area contributed by atoms with Crippen LogP contribution in [0.5, 0.6) is 0 Å². The summed E-state index contributed by atoms with van der Waals surface area (Å²) in [6.45, 7) is 2.02. The minimum atomic E-state index is -0.672. The maximum atomic E-state index is 10.7. The number of aromatic nitrogens is 2. The van der Waals surface area contributed by atoms with E-state index in [1.165, 1.54) is 5.56 Å². The van der Waals surface area contributed by atoms with Crippen molar-refractivity contribution in [1.82, 2.24) is 5.27 Å². The molecule has 0 aliphatic carbocycles. The molecule has 2 aromatic rings. The van der Waals surface area contributed by atoms with Gasteiger partial charge in [0.15, 0.2) is 6.04 Å². The highest BCUT2D eigenvalue weighted by Crippen LogP contribution is 2.09. The van der Waals surface area contributed by atoms with Gasteiger partial charge in [-0.3, -0.25) is 9.84 Å². The van der Waals surface area contributed by atoms with E-state index in [0.717, 1.165) is 6.42 Å². The van der Waals surface area contributed by atoms with E-state index in [9.17, 15) is 4.79 Å². The molecule has 94 valence electrons. The van der Waals surface area contributed by atoms with Crippen LogP contribution in [0.1, 0.15) is 18.5 Å². The van der Waals surface area contributed by atoms with E-state index in [1.54, 1.807) is 10.9 Å². The summed E-state index contributed by atoms with van der Waals surface area (Å²) < 4.78 is 6.59. The summed E-state index contributed by atoms with van der Waals surface area (Å²) in [6.07, 6.45) is 2.44. The van der Waals surface area contributed by atoms with Gasteiger partial charge in [-0.05, 0) is 10.2 Å². The highest BCUT2D eigenvalue weighted by molar-refractivity contribution is 5.85. The van der Waals surface area contributed by atoms with Gasteiger partial charge in [-0.15, -0.1) is 0 Å². The molecule has 6 nitrogen and oxygen atoms in total. The van der Waals surface area contributed by atoms with Crippen LogP contribution in [0.2, 0.25) is 0 Å². The van der Waals surface area contributed by atoms with Crippen molar-refractivity contribution in [3.05, 3.63) is 42.1 Å². The fourth-order valence-corrected chi connectivity index (χ4v) is 1.69. The molecule has 0 radical (unpaired) electrons. The largest absolute Gasteiger partial charge is 0.351 e. The number of amides is 2. The monoisotopic (exact) mass is 247 g/mol. The molecule has 2 amide bonds. The second kappa shape index (κ2) is 5.31. The van der Waals surface area contributed by atoms with Crippen molar-refractivity contribution >= 4 is 11.9 Å². The van der Waals surface area contributed by atoms with Gasteiger partial charge in [0.25, 0.3) is 6.20 Å². The van der Waals surface area contributed by atoms with Crippen LogP contribution in [0.25, 0.3) is 0 Å². The number of anilines is 1. The maximum Gasteiger partial charge on any atom is 0.319 e. The Kier molecular flexibility index (Phi) is 3.57. The molecule has 0 bridgehead atoms. The third-order valence-electron chi connectivity index (χ3n) is 2.55. The lowest BCUT2D eigenvalue weighted by Gasteiger charge is -2.01. The van der Waals surface area contributed by atoms with E-state index in [-0.39, 0.29) is 11.9 Å². The zero-order valence-corrected chi connectivity index (χ0v) is 10.0. The first-order valence-corrected chi connectivity index (χ1v) is 5.63. The van der Waals surface area contributed by atoms with Gasteiger partial charge >= 0.3 is 11.9 Å². The Morgan fingerprint density at radius 2 is 2.22 bits per heavy atom. The number of hydrogen-bond acceptors (Lipinski definition) is 3. The molecular weight excluding hydrogens is 232 g/mol. The number of nitrogens with zero attached hydrogens (tertiary/aromatic N) is 2. The Hall–Kier alpha value is -2.37. The van der Waals surface area contributed by atoms with Crippen LogP contribution in [0.4, 0.5) is 10.7 Å². The predicted octanol–water partition coefficient (Wildman–Crippen LogP) is 1.26. The molecule has 6 heteroatoms. The quantitative estimate of drug-likeness (QED) is 0.797. The summed E-state index contributed by atoms with van der Waals surface area (Å²) in [5.41, 5.74) is 6.20. The predicted molar refractivity (Wildman–Crippen MR) is 64.8 cm³/mol. The molecule has 18 heavy (non-hydrogen) atoms. The van der Waals surface area contributed by atoms with E-state index in [4.69, 9.17) is 10.3 Å². The van der Waals surface area contributed by atoms with Crippen molar-refractivity contribution < 1.29 is 14.0 Å². The van der Waals surface area contributed by atoms with E-state index in [1.807, 2.05) is 25.1 Å². The standard InChI is InChI=1S/C12H14N4O2/c1-9(7-10-5-3-2-4-6-10)16-8-11(18-15-16)14-12(13)17/h2-6,8-9H,7H2,1H3,(H2-,13,14,15,17)/p+1. The molecule has 1 aromatic carbocycles. The average molecular weight is 247 g/mol. The summed E-state index contributed by atoms with van der Waals surface area (Å²) >= 11 is 0. The van der Waals surface area contributed by atoms with Gasteiger partial charge < -0.3 is 5.73 Å². The Morgan fingerprint density at radius 3 is 2.89 bits per heavy atom. The molecule has 0 spiro atoms. The lowest BCUT2D eigenvalue weighted by Crippen LogP contribution is -2.40. The summed E-state index contributed by atoms with van der Waals surface area (Å²) in [7, 11) is 0. The van der Waals surface area contributed by atoms with Gasteiger partial charge in [-0.25, -0.2) is 4.79 Å². The van der Waals surface area contributed by atoms with Crippen molar-refractivity contribution in [2.75, 3.05) is 5.32 Å². The zero-order chi connectivity index (χ0) is 13.0. The number of benzene rings is 1. The zero-order valence-electron chi connectivity index (χ0n) is 10.0. The molecule has 3 N–H and O–H groups in total. The van der Waals surface area contributed by atoms with Crippen LogP contribution in [0, 0.1) is 0 Å². The topological polar surface area (TPSA) is 85.0 Å². The van der Waals surface area contributed by atoms with Crippen LogP contribution >= 0.6 is 0 Å². The van der Waals surface area contributed by atoms with E-state index in [0.29, 0.717) is 0 Å². The Labute approximate surface area is 104 Å². The maximum absolute atomic E-state index is 10.7. The van der Waals surface area contributed by atoms with Gasteiger partial charge in [0.1, 0.15) is 0 Å². The molecule has 1 heterocycles. The molecule has 1 aromatic heterocycles. The fraction of sp³-hybridized carbons (Fsp3) is 0.250. The highest BCUT2D eigenvalue weighted by Gasteiger charge is 2.20. The lowest BCUT2D eigenvalue weighted by molar-refractivity contribution is -0.782. The van der Waals surface area contributed by atoms with Gasteiger partial charge in [-0.1, -0.05) is 30.3 Å². The van der Waals surface area contributed by atoms with Crippen LogP contribution in [0.15, 0.2) is 41.1 Å². The number of carbonyl (C=O) groups is 1. The van der Waals surface area contributed by atoms with Crippen molar-refractivity contribution in [1.29, 1.82) is 0 Å². The van der Waals surface area contributed by atoms with Crippen molar-refractivity contribution in [3.8, 4) is 0 Å². The number of rotatable bonds is 4. The summed E-state index contributed by atoms with van der Waals surface area (Å²) in [5, 5.41) is 6.17. The molecular formula is C12H15N4O2+. The summed E-state index contributed by atoms with van der Waals surface area (Å²) in [5.74, 6) is 0.238. The molecule has 0 aliphatic heterocycles. The van der Waals surface area contributed by atoms with Crippen LogP contribution in [-0.2, 0) is 6.42 Å². The average Bonchev–Trinajstić information content (AvgIpc) is 2.78. The number of hydrogen-bond donors (Lipinski definition) is 2. The third-order valence-corrected chi connectivity index (χ3v) is 2.55. The number of urea groups is 1. The summed E-state index contributed by atoms with van der Waals surface area (Å²) in [4.78, 5) is 10.7. The number of carbonyl (C=O) groups excluding carboxylic acids is 1. The first-order valence-electron chi connectivity index (χ1n) is 5.63. The molecule has 1 atom stereocenters. The normalized spacial score (nSPS) is 12.1. The molecule has 2 rings (SSSR count). The second-order valence-corrected chi connectivity index (χ2v) is 4.07. The molecule has 0 aliphatic rings. The Morgan fingerprint density at radius 1 is 1.50 bits per heavy atom. The van der Waals surface area contributed by atoms with Crippen molar-refractivity contribution in [3.63, 3.8) is 0 Å². The Bertz CT molecular complexity index is 524.